The average Bonchev–Trinajstić information content (AvgIpc) is 3.10. The number of hydrogen-bond donors (Lipinski definition) is 1. The Labute approximate surface area is 194 Å². The van der Waals surface area contributed by atoms with Crippen LogP contribution in [0, 0.1) is 0 Å². The maximum atomic E-state index is 12.9. The molecule has 1 aromatic carbocycles. The zero-order chi connectivity index (χ0) is 23.3. The van der Waals surface area contributed by atoms with Crippen LogP contribution in [0.25, 0.3) is 5.69 Å². The summed E-state index contributed by atoms with van der Waals surface area (Å²) in [5.74, 6) is 0.221. The highest BCUT2D eigenvalue weighted by Gasteiger charge is 2.24. The number of nitrogens with one attached hydrogen (secondary N) is 1. The lowest BCUT2D eigenvalue weighted by atomic mass is 9.92. The number of carbonyl (C=O) groups excluding carboxylic acids is 2. The topological polar surface area (TPSA) is 67.2 Å². The van der Waals surface area contributed by atoms with Crippen molar-refractivity contribution >= 4 is 40.8 Å². The van der Waals surface area contributed by atoms with E-state index in [9.17, 15) is 9.59 Å². The second kappa shape index (κ2) is 10.5. The molecule has 0 bridgehead atoms. The monoisotopic (exact) mass is 466 g/mol. The molecule has 0 unspecified atom stereocenters. The molecule has 2 amide bonds. The first-order valence-electron chi connectivity index (χ1n) is 10.6. The lowest BCUT2D eigenvalue weighted by Crippen LogP contribution is -2.42. The summed E-state index contributed by atoms with van der Waals surface area (Å²) in [4.78, 5) is 27.0. The first-order chi connectivity index (χ1) is 14.4. The lowest BCUT2D eigenvalue weighted by molar-refractivity contribution is -0.136. The third-order valence-corrected chi connectivity index (χ3v) is 5.63. The molecule has 0 saturated heterocycles. The van der Waals surface area contributed by atoms with Crippen molar-refractivity contribution in [1.82, 2.24) is 14.7 Å². The minimum absolute atomic E-state index is 0.0135. The second-order valence-corrected chi connectivity index (χ2v) is 9.76. The highest BCUT2D eigenvalue weighted by molar-refractivity contribution is 6.42. The Bertz CT molecular complexity index is 932. The van der Waals surface area contributed by atoms with E-state index in [1.165, 1.54) is 0 Å². The SMILES string of the molecule is CCCCC(=O)N(CC(=O)Nc1cc(C(C)(C)C)nn1-c1ccc(Cl)c(Cl)c1)C(C)C. The molecule has 2 aromatic rings. The summed E-state index contributed by atoms with van der Waals surface area (Å²) in [5.41, 5.74) is 1.27. The Hall–Kier alpha value is -2.05. The van der Waals surface area contributed by atoms with Crippen LogP contribution in [0.5, 0.6) is 0 Å². The number of rotatable bonds is 8. The Morgan fingerprint density at radius 3 is 2.39 bits per heavy atom. The average molecular weight is 467 g/mol. The summed E-state index contributed by atoms with van der Waals surface area (Å²) in [5, 5.41) is 8.45. The van der Waals surface area contributed by atoms with Crippen LogP contribution in [0.3, 0.4) is 0 Å². The van der Waals surface area contributed by atoms with E-state index >= 15 is 0 Å². The third-order valence-electron chi connectivity index (χ3n) is 4.89. The molecule has 0 atom stereocenters. The van der Waals surface area contributed by atoms with Crippen molar-refractivity contribution in [3.8, 4) is 5.69 Å². The second-order valence-electron chi connectivity index (χ2n) is 8.94. The van der Waals surface area contributed by atoms with E-state index in [0.29, 0.717) is 28.0 Å². The van der Waals surface area contributed by atoms with Crippen molar-refractivity contribution in [1.29, 1.82) is 0 Å². The van der Waals surface area contributed by atoms with Gasteiger partial charge in [0.2, 0.25) is 11.8 Å². The van der Waals surface area contributed by atoms with Crippen molar-refractivity contribution in [2.75, 3.05) is 11.9 Å². The maximum Gasteiger partial charge on any atom is 0.245 e. The van der Waals surface area contributed by atoms with Crippen LogP contribution in [-0.4, -0.2) is 39.1 Å². The van der Waals surface area contributed by atoms with E-state index in [1.807, 2.05) is 47.6 Å². The van der Waals surface area contributed by atoms with Crippen molar-refractivity contribution in [3.63, 3.8) is 0 Å². The van der Waals surface area contributed by atoms with Gasteiger partial charge >= 0.3 is 0 Å². The molecular weight excluding hydrogens is 435 g/mol. The summed E-state index contributed by atoms with van der Waals surface area (Å²) in [6.07, 6.45) is 2.18. The molecule has 6 nitrogen and oxygen atoms in total. The molecule has 1 aromatic heterocycles. The van der Waals surface area contributed by atoms with E-state index in [1.54, 1.807) is 27.8 Å². The van der Waals surface area contributed by atoms with Crippen LogP contribution in [0.2, 0.25) is 10.0 Å². The van der Waals surface area contributed by atoms with Crippen molar-refractivity contribution in [3.05, 3.63) is 40.0 Å². The van der Waals surface area contributed by atoms with Crippen LogP contribution in [0.1, 0.15) is 66.5 Å². The van der Waals surface area contributed by atoms with Gasteiger partial charge in [-0.2, -0.15) is 5.10 Å². The molecule has 0 aliphatic rings. The predicted molar refractivity (Wildman–Crippen MR) is 127 cm³/mol. The van der Waals surface area contributed by atoms with Crippen molar-refractivity contribution in [2.24, 2.45) is 0 Å². The van der Waals surface area contributed by atoms with Crippen molar-refractivity contribution in [2.45, 2.75) is 72.3 Å². The van der Waals surface area contributed by atoms with E-state index < -0.39 is 0 Å². The third kappa shape index (κ3) is 6.71. The Balaban J connectivity index is 2.32. The zero-order valence-electron chi connectivity index (χ0n) is 19.1. The number of aromatic nitrogens is 2. The number of unbranched alkanes of at least 4 members (excludes halogenated alkanes) is 1. The number of amides is 2. The van der Waals surface area contributed by atoms with E-state index in [4.69, 9.17) is 23.2 Å². The molecular formula is C23H32Cl2N4O2. The van der Waals surface area contributed by atoms with Gasteiger partial charge in [0.15, 0.2) is 0 Å². The molecule has 1 heterocycles. The molecule has 2 rings (SSSR count). The van der Waals surface area contributed by atoms with Gasteiger partial charge in [0, 0.05) is 23.9 Å². The summed E-state index contributed by atoms with van der Waals surface area (Å²) in [6, 6.07) is 6.96. The fourth-order valence-electron chi connectivity index (χ4n) is 3.02. The first-order valence-corrected chi connectivity index (χ1v) is 11.3. The Kier molecular flexibility index (Phi) is 8.55. The van der Waals surface area contributed by atoms with Crippen LogP contribution >= 0.6 is 23.2 Å². The summed E-state index contributed by atoms with van der Waals surface area (Å²) in [6.45, 7) is 12.0. The smallest absolute Gasteiger partial charge is 0.245 e. The molecule has 0 radical (unpaired) electrons. The molecule has 0 spiro atoms. The normalized spacial score (nSPS) is 11.6. The van der Waals surface area contributed by atoms with Gasteiger partial charge in [-0.1, -0.05) is 57.3 Å². The fraction of sp³-hybridized carbons (Fsp3) is 0.522. The zero-order valence-corrected chi connectivity index (χ0v) is 20.6. The van der Waals surface area contributed by atoms with E-state index in [-0.39, 0.29) is 29.8 Å². The molecule has 0 fully saturated rings. The van der Waals surface area contributed by atoms with Gasteiger partial charge < -0.3 is 10.2 Å². The van der Waals surface area contributed by atoms with Gasteiger partial charge in [-0.05, 0) is 38.5 Å². The van der Waals surface area contributed by atoms with E-state index in [2.05, 4.69) is 10.4 Å². The van der Waals surface area contributed by atoms with Crippen LogP contribution in [0.4, 0.5) is 5.82 Å². The summed E-state index contributed by atoms with van der Waals surface area (Å²) >= 11 is 12.2. The Morgan fingerprint density at radius 1 is 1.16 bits per heavy atom. The first kappa shape index (κ1) is 25.2. The van der Waals surface area contributed by atoms with Gasteiger partial charge in [-0.3, -0.25) is 9.59 Å². The Morgan fingerprint density at radius 2 is 1.84 bits per heavy atom. The van der Waals surface area contributed by atoms with Crippen molar-refractivity contribution < 1.29 is 9.59 Å². The molecule has 1 N–H and O–H groups in total. The molecule has 0 aliphatic carbocycles. The number of benzene rings is 1. The van der Waals surface area contributed by atoms with Gasteiger partial charge in [0.05, 0.1) is 21.4 Å². The number of anilines is 1. The van der Waals surface area contributed by atoms with Gasteiger partial charge in [-0.15, -0.1) is 0 Å². The highest BCUT2D eigenvalue weighted by Crippen LogP contribution is 2.29. The summed E-state index contributed by atoms with van der Waals surface area (Å²) in [7, 11) is 0. The maximum absolute atomic E-state index is 12.9. The van der Waals surface area contributed by atoms with Crippen LogP contribution in [0.15, 0.2) is 24.3 Å². The predicted octanol–water partition coefficient (Wildman–Crippen LogP) is 5.84. The highest BCUT2D eigenvalue weighted by atomic mass is 35.5. The van der Waals surface area contributed by atoms with Gasteiger partial charge in [0.1, 0.15) is 12.4 Å². The quantitative estimate of drug-likeness (QED) is 0.530. The largest absolute Gasteiger partial charge is 0.331 e. The molecule has 31 heavy (non-hydrogen) atoms. The molecule has 8 heteroatoms. The number of halogens is 2. The standard InChI is InChI=1S/C23H32Cl2N4O2/c1-7-8-9-22(31)28(15(2)3)14-21(30)26-20-13-19(23(4,5)6)27-29(20)16-10-11-17(24)18(25)12-16/h10-13,15H,7-9,14H2,1-6H3,(H,26,30). The van der Waals surface area contributed by atoms with Gasteiger partial charge in [-0.25, -0.2) is 4.68 Å². The lowest BCUT2D eigenvalue weighted by Gasteiger charge is -2.26. The number of carbonyl (C=O) groups is 2. The molecule has 170 valence electrons. The van der Waals surface area contributed by atoms with E-state index in [0.717, 1.165) is 18.5 Å². The summed E-state index contributed by atoms with van der Waals surface area (Å²) < 4.78 is 1.64. The minimum Gasteiger partial charge on any atom is -0.331 e. The minimum atomic E-state index is -0.278. The van der Waals surface area contributed by atoms with Crippen LogP contribution < -0.4 is 5.32 Å². The molecule has 0 aliphatic heterocycles. The fourth-order valence-corrected chi connectivity index (χ4v) is 3.31. The van der Waals surface area contributed by atoms with Crippen LogP contribution in [-0.2, 0) is 15.0 Å². The van der Waals surface area contributed by atoms with Gasteiger partial charge in [0.25, 0.3) is 0 Å². The molecule has 0 saturated carbocycles. The number of hydrogen-bond acceptors (Lipinski definition) is 3. The number of nitrogens with zero attached hydrogens (tertiary/aromatic N) is 3.